The highest BCUT2D eigenvalue weighted by molar-refractivity contribution is 7.80. The Balaban J connectivity index is 2.04. The molecule has 1 fully saturated rings. The molecule has 16 heavy (non-hydrogen) atoms. The highest BCUT2D eigenvalue weighted by atomic mass is 32.1. The zero-order valence-corrected chi connectivity index (χ0v) is 10.1. The Hall–Kier alpha value is -0.930. The molecule has 2 nitrogen and oxygen atoms in total. The molecule has 0 aliphatic heterocycles. The summed E-state index contributed by atoms with van der Waals surface area (Å²) in [7, 11) is 0. The van der Waals surface area contributed by atoms with Crippen molar-refractivity contribution in [1.82, 2.24) is 0 Å². The number of nitrogens with two attached hydrogens (primary N) is 1. The van der Waals surface area contributed by atoms with Crippen LogP contribution in [0, 0.1) is 0 Å². The highest BCUT2D eigenvalue weighted by Gasteiger charge is 2.23. The average Bonchev–Trinajstić information content (AvgIpc) is 2.22. The highest BCUT2D eigenvalue weighted by Crippen LogP contribution is 2.30. The second-order valence-electron chi connectivity index (χ2n) is 4.26. The van der Waals surface area contributed by atoms with Crippen molar-refractivity contribution in [2.24, 2.45) is 5.73 Å². The van der Waals surface area contributed by atoms with Gasteiger partial charge in [-0.3, -0.25) is 0 Å². The fourth-order valence-electron chi connectivity index (χ4n) is 1.83. The molecule has 1 aromatic rings. The maximum Gasteiger partial charge on any atom is 0.0891 e. The Kier molecular flexibility index (Phi) is 3.91. The Morgan fingerprint density at radius 3 is 2.56 bits per heavy atom. The molecule has 1 aromatic carbocycles. The monoisotopic (exact) mass is 235 g/mol. The molecule has 0 spiro atoms. The number of hydrogen-bond acceptors (Lipinski definition) is 2. The van der Waals surface area contributed by atoms with Gasteiger partial charge in [-0.05, 0) is 24.8 Å². The predicted octanol–water partition coefficient (Wildman–Crippen LogP) is 2.97. The third-order valence-electron chi connectivity index (χ3n) is 2.97. The second-order valence-corrected chi connectivity index (χ2v) is 4.78. The van der Waals surface area contributed by atoms with E-state index < -0.39 is 0 Å². The minimum Gasteiger partial charge on any atom is -0.393 e. The lowest BCUT2D eigenvalue weighted by atomic mass is 9.95. The third-order valence-corrected chi connectivity index (χ3v) is 3.13. The molecule has 0 heterocycles. The SMILES string of the molecule is NC(=S)CC(OC1CCC1)c1ccccc1. The summed E-state index contributed by atoms with van der Waals surface area (Å²) in [6.07, 6.45) is 4.68. The van der Waals surface area contributed by atoms with Gasteiger partial charge < -0.3 is 10.5 Å². The van der Waals surface area contributed by atoms with Crippen molar-refractivity contribution in [3.63, 3.8) is 0 Å². The Labute approximate surface area is 102 Å². The van der Waals surface area contributed by atoms with Gasteiger partial charge in [0.2, 0.25) is 0 Å². The predicted molar refractivity (Wildman–Crippen MR) is 69.3 cm³/mol. The lowest BCUT2D eigenvalue weighted by Gasteiger charge is -2.30. The van der Waals surface area contributed by atoms with E-state index in [1.54, 1.807) is 0 Å². The molecular formula is C13H17NOS. The number of thiocarbonyl (C=S) groups is 1. The first-order valence-electron chi connectivity index (χ1n) is 5.74. The Morgan fingerprint density at radius 1 is 1.38 bits per heavy atom. The first-order chi connectivity index (χ1) is 7.75. The van der Waals surface area contributed by atoms with Gasteiger partial charge in [0.15, 0.2) is 0 Å². The van der Waals surface area contributed by atoms with Crippen LogP contribution in [0.25, 0.3) is 0 Å². The van der Waals surface area contributed by atoms with E-state index in [-0.39, 0.29) is 6.10 Å². The summed E-state index contributed by atoms with van der Waals surface area (Å²) in [4.78, 5) is 0.521. The van der Waals surface area contributed by atoms with Gasteiger partial charge in [0, 0.05) is 6.42 Å². The molecule has 1 saturated carbocycles. The number of rotatable bonds is 5. The molecule has 1 aliphatic carbocycles. The molecule has 1 unspecified atom stereocenters. The van der Waals surface area contributed by atoms with Crippen LogP contribution in [-0.2, 0) is 4.74 Å². The van der Waals surface area contributed by atoms with Gasteiger partial charge in [0.1, 0.15) is 0 Å². The van der Waals surface area contributed by atoms with E-state index in [1.165, 1.54) is 24.8 Å². The van der Waals surface area contributed by atoms with Crippen molar-refractivity contribution in [3.05, 3.63) is 35.9 Å². The molecule has 0 aromatic heterocycles. The number of ether oxygens (including phenoxy) is 1. The lowest BCUT2D eigenvalue weighted by Crippen LogP contribution is -2.26. The van der Waals surface area contributed by atoms with E-state index in [2.05, 4.69) is 12.1 Å². The van der Waals surface area contributed by atoms with Crippen LogP contribution in [-0.4, -0.2) is 11.1 Å². The van der Waals surface area contributed by atoms with E-state index in [4.69, 9.17) is 22.7 Å². The van der Waals surface area contributed by atoms with Gasteiger partial charge in [-0.25, -0.2) is 0 Å². The van der Waals surface area contributed by atoms with Crippen molar-refractivity contribution in [1.29, 1.82) is 0 Å². The largest absolute Gasteiger partial charge is 0.393 e. The molecular weight excluding hydrogens is 218 g/mol. The van der Waals surface area contributed by atoms with E-state index in [0.29, 0.717) is 17.5 Å². The quantitative estimate of drug-likeness (QED) is 0.797. The third kappa shape index (κ3) is 3.03. The molecule has 1 atom stereocenters. The van der Waals surface area contributed by atoms with Crippen LogP contribution in [0.3, 0.4) is 0 Å². The first kappa shape index (κ1) is 11.6. The average molecular weight is 235 g/mol. The summed E-state index contributed by atoms with van der Waals surface area (Å²) in [5, 5.41) is 0. The van der Waals surface area contributed by atoms with E-state index in [1.807, 2.05) is 18.2 Å². The minimum atomic E-state index is 0.0315. The second kappa shape index (κ2) is 5.41. The van der Waals surface area contributed by atoms with Crippen LogP contribution in [0.4, 0.5) is 0 Å². The van der Waals surface area contributed by atoms with Crippen molar-refractivity contribution in [2.75, 3.05) is 0 Å². The van der Waals surface area contributed by atoms with Gasteiger partial charge in [0.05, 0.1) is 17.2 Å². The smallest absolute Gasteiger partial charge is 0.0891 e. The molecule has 0 amide bonds. The van der Waals surface area contributed by atoms with E-state index in [0.717, 1.165) is 0 Å². The Morgan fingerprint density at radius 2 is 2.06 bits per heavy atom. The van der Waals surface area contributed by atoms with Crippen molar-refractivity contribution >= 4 is 17.2 Å². The summed E-state index contributed by atoms with van der Waals surface area (Å²) in [5.74, 6) is 0. The van der Waals surface area contributed by atoms with Crippen LogP contribution >= 0.6 is 12.2 Å². The molecule has 3 heteroatoms. The molecule has 86 valence electrons. The van der Waals surface area contributed by atoms with Gasteiger partial charge in [-0.1, -0.05) is 42.5 Å². The molecule has 0 saturated heterocycles. The zero-order valence-electron chi connectivity index (χ0n) is 9.26. The summed E-state index contributed by atoms with van der Waals surface area (Å²) in [5.41, 5.74) is 6.79. The standard InChI is InChI=1S/C13H17NOS/c14-13(16)9-12(15-11-7-4-8-11)10-5-2-1-3-6-10/h1-3,5-6,11-12H,4,7-9H2,(H2,14,16). The maximum atomic E-state index is 6.02. The molecule has 0 bridgehead atoms. The first-order valence-corrected chi connectivity index (χ1v) is 6.15. The van der Waals surface area contributed by atoms with Crippen LogP contribution < -0.4 is 5.73 Å². The van der Waals surface area contributed by atoms with Crippen LogP contribution in [0.1, 0.15) is 37.4 Å². The fourth-order valence-corrected chi connectivity index (χ4v) is 1.99. The maximum absolute atomic E-state index is 6.02. The number of benzene rings is 1. The summed E-state index contributed by atoms with van der Waals surface area (Å²) >= 11 is 4.98. The molecule has 2 N–H and O–H groups in total. The molecule has 2 rings (SSSR count). The number of hydrogen-bond donors (Lipinski definition) is 1. The van der Waals surface area contributed by atoms with Gasteiger partial charge in [-0.2, -0.15) is 0 Å². The Bertz CT molecular complexity index is 348. The van der Waals surface area contributed by atoms with Crippen LogP contribution in [0.5, 0.6) is 0 Å². The van der Waals surface area contributed by atoms with Crippen molar-refractivity contribution in [3.8, 4) is 0 Å². The summed E-state index contributed by atoms with van der Waals surface area (Å²) < 4.78 is 6.02. The van der Waals surface area contributed by atoms with Crippen LogP contribution in [0.15, 0.2) is 30.3 Å². The topological polar surface area (TPSA) is 35.2 Å². The summed E-state index contributed by atoms with van der Waals surface area (Å²) in [6, 6.07) is 10.2. The summed E-state index contributed by atoms with van der Waals surface area (Å²) in [6.45, 7) is 0. The molecule has 1 aliphatic rings. The minimum absolute atomic E-state index is 0.0315. The van der Waals surface area contributed by atoms with Crippen LogP contribution in [0.2, 0.25) is 0 Å². The zero-order chi connectivity index (χ0) is 11.4. The van der Waals surface area contributed by atoms with Gasteiger partial charge in [0.25, 0.3) is 0 Å². The normalized spacial score (nSPS) is 17.8. The lowest BCUT2D eigenvalue weighted by molar-refractivity contribution is -0.0495. The van der Waals surface area contributed by atoms with Crippen molar-refractivity contribution < 1.29 is 4.74 Å². The molecule has 0 radical (unpaired) electrons. The fraction of sp³-hybridized carbons (Fsp3) is 0.462. The van der Waals surface area contributed by atoms with Crippen molar-refractivity contribution in [2.45, 2.75) is 37.9 Å². The van der Waals surface area contributed by atoms with E-state index >= 15 is 0 Å². The van der Waals surface area contributed by atoms with E-state index in [9.17, 15) is 0 Å². The van der Waals surface area contributed by atoms with Gasteiger partial charge in [-0.15, -0.1) is 0 Å². The van der Waals surface area contributed by atoms with Gasteiger partial charge >= 0.3 is 0 Å².